The Kier molecular flexibility index (Phi) is 5.18. The van der Waals surface area contributed by atoms with Gasteiger partial charge in [-0.15, -0.1) is 11.3 Å². The smallest absolute Gasteiger partial charge is 0.217 e. The first-order chi connectivity index (χ1) is 9.49. The van der Waals surface area contributed by atoms with Gasteiger partial charge in [-0.1, -0.05) is 0 Å². The Labute approximate surface area is 125 Å². The van der Waals surface area contributed by atoms with Crippen molar-refractivity contribution in [3.05, 3.63) is 21.9 Å². The van der Waals surface area contributed by atoms with Crippen LogP contribution < -0.4 is 11.1 Å². The van der Waals surface area contributed by atoms with Gasteiger partial charge in [0.2, 0.25) is 5.91 Å². The number of hydrogen-bond donors (Lipinski definition) is 2. The van der Waals surface area contributed by atoms with E-state index in [0.717, 1.165) is 25.9 Å². The highest BCUT2D eigenvalue weighted by molar-refractivity contribution is 7.10. The second-order valence-electron chi connectivity index (χ2n) is 5.78. The highest BCUT2D eigenvalue weighted by atomic mass is 32.1. The number of aryl methyl sites for hydroxylation is 1. The third kappa shape index (κ3) is 3.59. The van der Waals surface area contributed by atoms with Crippen LogP contribution in [-0.2, 0) is 4.79 Å². The summed E-state index contributed by atoms with van der Waals surface area (Å²) in [4.78, 5) is 15.0. The number of carbonyl (C=O) groups excluding carboxylic acids is 1. The van der Waals surface area contributed by atoms with Crippen LogP contribution in [0, 0.1) is 6.92 Å². The van der Waals surface area contributed by atoms with E-state index in [9.17, 15) is 4.79 Å². The van der Waals surface area contributed by atoms with Crippen LogP contribution in [0.3, 0.4) is 0 Å². The van der Waals surface area contributed by atoms with Crippen molar-refractivity contribution in [3.63, 3.8) is 0 Å². The van der Waals surface area contributed by atoms with Gasteiger partial charge in [0.25, 0.3) is 0 Å². The summed E-state index contributed by atoms with van der Waals surface area (Å²) in [5.74, 6) is 0.0706. The minimum Gasteiger partial charge on any atom is -0.354 e. The molecule has 0 aliphatic carbocycles. The Morgan fingerprint density at radius 3 is 2.60 bits per heavy atom. The van der Waals surface area contributed by atoms with Gasteiger partial charge >= 0.3 is 0 Å². The highest BCUT2D eigenvalue weighted by Crippen LogP contribution is 2.32. The molecular formula is C15H25N3OS. The van der Waals surface area contributed by atoms with Crippen molar-refractivity contribution >= 4 is 17.2 Å². The zero-order chi connectivity index (χ0) is 14.7. The topological polar surface area (TPSA) is 58.4 Å². The van der Waals surface area contributed by atoms with Crippen LogP contribution in [-0.4, -0.2) is 36.0 Å². The SMILES string of the molecule is CC(=O)NC1CCN(C(c2sccc2C)C(C)N)CC1. The summed E-state index contributed by atoms with van der Waals surface area (Å²) in [6.07, 6.45) is 2.01. The summed E-state index contributed by atoms with van der Waals surface area (Å²) in [7, 11) is 0. The number of likely N-dealkylation sites (tertiary alicyclic amines) is 1. The maximum absolute atomic E-state index is 11.1. The molecule has 20 heavy (non-hydrogen) atoms. The van der Waals surface area contributed by atoms with E-state index in [1.54, 1.807) is 18.3 Å². The van der Waals surface area contributed by atoms with Crippen LogP contribution in [0.5, 0.6) is 0 Å². The molecule has 1 aromatic rings. The Morgan fingerprint density at radius 2 is 2.15 bits per heavy atom. The number of nitrogens with two attached hydrogens (primary N) is 1. The number of rotatable bonds is 4. The molecule has 4 nitrogen and oxygen atoms in total. The molecule has 1 aliphatic heterocycles. The Balaban J connectivity index is 2.03. The van der Waals surface area contributed by atoms with Gasteiger partial charge in [0.15, 0.2) is 0 Å². The van der Waals surface area contributed by atoms with Gasteiger partial charge in [-0.25, -0.2) is 0 Å². The first-order valence-electron chi connectivity index (χ1n) is 7.29. The van der Waals surface area contributed by atoms with Gasteiger partial charge < -0.3 is 11.1 Å². The normalized spacial score (nSPS) is 20.6. The standard InChI is InChI=1S/C15H25N3OS/c1-10-6-9-20-15(10)14(11(2)16)18-7-4-13(5-8-18)17-12(3)19/h6,9,11,13-14H,4-5,7-8,16H2,1-3H3,(H,17,19). The van der Waals surface area contributed by atoms with Gasteiger partial charge in [-0.3, -0.25) is 9.69 Å². The fourth-order valence-corrected chi connectivity index (χ4v) is 4.21. The third-order valence-corrected chi connectivity index (χ3v) is 5.09. The van der Waals surface area contributed by atoms with Crippen molar-refractivity contribution in [3.8, 4) is 0 Å². The number of thiophene rings is 1. The lowest BCUT2D eigenvalue weighted by molar-refractivity contribution is -0.120. The molecule has 0 bridgehead atoms. The molecule has 1 saturated heterocycles. The van der Waals surface area contributed by atoms with Crippen molar-refractivity contribution in [1.82, 2.24) is 10.2 Å². The Hall–Kier alpha value is -0.910. The van der Waals surface area contributed by atoms with Crippen molar-refractivity contribution in [1.29, 1.82) is 0 Å². The zero-order valence-corrected chi connectivity index (χ0v) is 13.4. The summed E-state index contributed by atoms with van der Waals surface area (Å²) in [6.45, 7) is 7.82. The molecule has 1 aromatic heterocycles. The predicted octanol–water partition coefficient (Wildman–Crippen LogP) is 2.05. The number of amides is 1. The molecule has 2 rings (SSSR count). The number of nitrogens with zero attached hydrogens (tertiary/aromatic N) is 1. The number of hydrogen-bond acceptors (Lipinski definition) is 4. The summed E-state index contributed by atoms with van der Waals surface area (Å²) in [5.41, 5.74) is 7.57. The average molecular weight is 295 g/mol. The second kappa shape index (κ2) is 6.70. The van der Waals surface area contributed by atoms with Crippen LogP contribution in [0.15, 0.2) is 11.4 Å². The predicted molar refractivity (Wildman–Crippen MR) is 83.9 cm³/mol. The molecule has 1 fully saturated rings. The first-order valence-corrected chi connectivity index (χ1v) is 8.17. The van der Waals surface area contributed by atoms with Crippen LogP contribution in [0.2, 0.25) is 0 Å². The number of carbonyl (C=O) groups is 1. The molecule has 0 aromatic carbocycles. The lowest BCUT2D eigenvalue weighted by atomic mass is 9.98. The molecule has 1 amide bonds. The minimum absolute atomic E-state index is 0.0706. The molecule has 1 aliphatic rings. The van der Waals surface area contributed by atoms with Gasteiger partial charge in [0.05, 0.1) is 6.04 Å². The van der Waals surface area contributed by atoms with E-state index in [1.165, 1.54) is 10.4 Å². The van der Waals surface area contributed by atoms with Gasteiger partial charge in [-0.05, 0) is 43.7 Å². The molecule has 0 radical (unpaired) electrons. The summed E-state index contributed by atoms with van der Waals surface area (Å²) < 4.78 is 0. The summed E-state index contributed by atoms with van der Waals surface area (Å²) in [6, 6.07) is 2.90. The van der Waals surface area contributed by atoms with Crippen molar-refractivity contribution in [2.75, 3.05) is 13.1 Å². The second-order valence-corrected chi connectivity index (χ2v) is 6.73. The fraction of sp³-hybridized carbons (Fsp3) is 0.667. The molecule has 0 spiro atoms. The van der Waals surface area contributed by atoms with E-state index >= 15 is 0 Å². The first kappa shape index (κ1) is 15.5. The summed E-state index contributed by atoms with van der Waals surface area (Å²) in [5, 5.41) is 5.17. The number of piperidine rings is 1. The molecule has 2 heterocycles. The van der Waals surface area contributed by atoms with E-state index in [2.05, 4.69) is 35.5 Å². The van der Waals surface area contributed by atoms with Gasteiger partial charge in [-0.2, -0.15) is 0 Å². The minimum atomic E-state index is 0.0706. The Bertz CT molecular complexity index is 450. The monoisotopic (exact) mass is 295 g/mol. The van der Waals surface area contributed by atoms with Gasteiger partial charge in [0, 0.05) is 37.0 Å². The molecule has 2 unspecified atom stereocenters. The lowest BCUT2D eigenvalue weighted by Gasteiger charge is -2.39. The lowest BCUT2D eigenvalue weighted by Crippen LogP contribution is -2.48. The molecule has 5 heteroatoms. The van der Waals surface area contributed by atoms with E-state index in [0.29, 0.717) is 12.1 Å². The van der Waals surface area contributed by atoms with E-state index < -0.39 is 0 Å². The van der Waals surface area contributed by atoms with Crippen LogP contribution >= 0.6 is 11.3 Å². The Morgan fingerprint density at radius 1 is 1.50 bits per heavy atom. The summed E-state index contributed by atoms with van der Waals surface area (Å²) >= 11 is 1.80. The van der Waals surface area contributed by atoms with Gasteiger partial charge in [0.1, 0.15) is 0 Å². The van der Waals surface area contributed by atoms with Crippen molar-refractivity contribution in [2.45, 2.75) is 51.7 Å². The average Bonchev–Trinajstić information content (AvgIpc) is 2.77. The molecule has 3 N–H and O–H groups in total. The molecular weight excluding hydrogens is 270 g/mol. The zero-order valence-electron chi connectivity index (χ0n) is 12.6. The van der Waals surface area contributed by atoms with Crippen LogP contribution in [0.1, 0.15) is 43.2 Å². The molecule has 2 atom stereocenters. The quantitative estimate of drug-likeness (QED) is 0.894. The highest BCUT2D eigenvalue weighted by Gasteiger charge is 2.30. The van der Waals surface area contributed by atoms with E-state index in [-0.39, 0.29) is 11.9 Å². The van der Waals surface area contributed by atoms with E-state index in [1.807, 2.05) is 0 Å². The number of nitrogens with one attached hydrogen (secondary N) is 1. The van der Waals surface area contributed by atoms with Crippen molar-refractivity contribution in [2.24, 2.45) is 5.73 Å². The fourth-order valence-electron chi connectivity index (χ4n) is 3.03. The van der Waals surface area contributed by atoms with Crippen LogP contribution in [0.25, 0.3) is 0 Å². The maximum atomic E-state index is 11.1. The molecule has 0 saturated carbocycles. The maximum Gasteiger partial charge on any atom is 0.217 e. The third-order valence-electron chi connectivity index (χ3n) is 4.00. The van der Waals surface area contributed by atoms with E-state index in [4.69, 9.17) is 5.73 Å². The van der Waals surface area contributed by atoms with Crippen LogP contribution in [0.4, 0.5) is 0 Å². The largest absolute Gasteiger partial charge is 0.354 e. The molecule has 112 valence electrons. The van der Waals surface area contributed by atoms with Crippen molar-refractivity contribution < 1.29 is 4.79 Å².